The Labute approximate surface area is 103 Å². The van der Waals surface area contributed by atoms with Crippen molar-refractivity contribution in [1.82, 2.24) is 15.0 Å². The second-order valence-electron chi connectivity index (χ2n) is 5.41. The van der Waals surface area contributed by atoms with Gasteiger partial charge in [0, 0.05) is 12.0 Å². The van der Waals surface area contributed by atoms with E-state index >= 15 is 0 Å². The van der Waals surface area contributed by atoms with Crippen molar-refractivity contribution in [2.24, 2.45) is 0 Å². The normalized spacial score (nSPS) is 18.2. The Morgan fingerprint density at radius 3 is 2.59 bits per heavy atom. The monoisotopic (exact) mass is 237 g/mol. The summed E-state index contributed by atoms with van der Waals surface area (Å²) in [6.45, 7) is 4.95. The van der Waals surface area contributed by atoms with Gasteiger partial charge in [-0.15, -0.1) is 0 Å². The maximum atomic E-state index is 5.28. The topological polar surface area (TPSA) is 42.2 Å². The van der Waals surface area contributed by atoms with Crippen LogP contribution in [-0.2, 0) is 6.54 Å². The van der Waals surface area contributed by atoms with Crippen LogP contribution in [0.5, 0.6) is 0 Å². The minimum Gasteiger partial charge on any atom is -0.338 e. The summed E-state index contributed by atoms with van der Waals surface area (Å²) >= 11 is 0. The van der Waals surface area contributed by atoms with Gasteiger partial charge in [-0.3, -0.25) is 4.90 Å². The molecule has 4 heteroatoms. The molecule has 17 heavy (non-hydrogen) atoms. The molecule has 1 fully saturated rings. The van der Waals surface area contributed by atoms with E-state index in [1.54, 1.807) is 0 Å². The van der Waals surface area contributed by atoms with Gasteiger partial charge in [0.25, 0.3) is 0 Å². The number of nitrogens with zero attached hydrogens (tertiary/aromatic N) is 3. The Morgan fingerprint density at radius 1 is 1.29 bits per heavy atom. The SMILES string of the molecule is CC(C)c1noc(CN(C)C2CCCCC2)n1. The molecule has 4 nitrogen and oxygen atoms in total. The molecule has 1 aliphatic rings. The van der Waals surface area contributed by atoms with Crippen molar-refractivity contribution in [2.45, 2.75) is 64.5 Å². The van der Waals surface area contributed by atoms with Gasteiger partial charge in [-0.2, -0.15) is 4.98 Å². The van der Waals surface area contributed by atoms with Crippen LogP contribution < -0.4 is 0 Å². The van der Waals surface area contributed by atoms with E-state index in [1.165, 1.54) is 32.1 Å². The molecule has 1 heterocycles. The minimum atomic E-state index is 0.340. The molecule has 0 spiro atoms. The van der Waals surface area contributed by atoms with E-state index in [9.17, 15) is 0 Å². The van der Waals surface area contributed by atoms with E-state index in [4.69, 9.17) is 4.52 Å². The third-order valence-electron chi connectivity index (χ3n) is 3.58. The predicted octanol–water partition coefficient (Wildman–Crippen LogP) is 2.96. The van der Waals surface area contributed by atoms with E-state index < -0.39 is 0 Å². The summed E-state index contributed by atoms with van der Waals surface area (Å²) in [7, 11) is 2.16. The van der Waals surface area contributed by atoms with Crippen molar-refractivity contribution in [2.75, 3.05) is 7.05 Å². The number of aromatic nitrogens is 2. The van der Waals surface area contributed by atoms with Gasteiger partial charge in [0.05, 0.1) is 6.54 Å². The number of rotatable bonds is 4. The van der Waals surface area contributed by atoms with Gasteiger partial charge in [-0.25, -0.2) is 0 Å². The fourth-order valence-corrected chi connectivity index (χ4v) is 2.43. The molecular formula is C13H23N3O. The third-order valence-corrected chi connectivity index (χ3v) is 3.58. The number of hydrogen-bond donors (Lipinski definition) is 0. The zero-order valence-electron chi connectivity index (χ0n) is 11.1. The summed E-state index contributed by atoms with van der Waals surface area (Å²) in [6.07, 6.45) is 6.72. The van der Waals surface area contributed by atoms with E-state index in [0.29, 0.717) is 12.0 Å². The maximum absolute atomic E-state index is 5.28. The van der Waals surface area contributed by atoms with Crippen LogP contribution in [0.2, 0.25) is 0 Å². The molecule has 1 aromatic rings. The molecule has 0 saturated heterocycles. The zero-order chi connectivity index (χ0) is 12.3. The Kier molecular flexibility index (Phi) is 4.15. The zero-order valence-corrected chi connectivity index (χ0v) is 11.1. The van der Waals surface area contributed by atoms with E-state index in [2.05, 4.69) is 35.9 Å². The molecule has 0 amide bonds. The first-order chi connectivity index (χ1) is 8.16. The van der Waals surface area contributed by atoms with Crippen molar-refractivity contribution in [3.63, 3.8) is 0 Å². The molecule has 0 radical (unpaired) electrons. The molecule has 1 aliphatic carbocycles. The molecule has 0 unspecified atom stereocenters. The Bertz CT molecular complexity index is 342. The summed E-state index contributed by atoms with van der Waals surface area (Å²) in [5.74, 6) is 1.91. The molecule has 0 aromatic carbocycles. The molecule has 2 rings (SSSR count). The summed E-state index contributed by atoms with van der Waals surface area (Å²) in [5, 5.41) is 4.00. The summed E-state index contributed by atoms with van der Waals surface area (Å²) in [6, 6.07) is 0.693. The fourth-order valence-electron chi connectivity index (χ4n) is 2.43. The van der Waals surface area contributed by atoms with Gasteiger partial charge >= 0.3 is 0 Å². The Hall–Kier alpha value is -0.900. The molecule has 0 aliphatic heterocycles. The summed E-state index contributed by atoms with van der Waals surface area (Å²) < 4.78 is 5.28. The predicted molar refractivity (Wildman–Crippen MR) is 66.7 cm³/mol. The average Bonchev–Trinajstić information content (AvgIpc) is 2.79. The first kappa shape index (κ1) is 12.6. The van der Waals surface area contributed by atoms with Crippen LogP contribution in [0.1, 0.15) is 63.6 Å². The largest absolute Gasteiger partial charge is 0.338 e. The third kappa shape index (κ3) is 3.28. The van der Waals surface area contributed by atoms with Gasteiger partial charge in [0.15, 0.2) is 5.82 Å². The molecule has 96 valence electrons. The maximum Gasteiger partial charge on any atom is 0.240 e. The van der Waals surface area contributed by atoms with Gasteiger partial charge in [-0.05, 0) is 19.9 Å². The highest BCUT2D eigenvalue weighted by Crippen LogP contribution is 2.22. The van der Waals surface area contributed by atoms with Crippen LogP contribution >= 0.6 is 0 Å². The molecule has 1 aromatic heterocycles. The fraction of sp³-hybridized carbons (Fsp3) is 0.846. The Balaban J connectivity index is 1.90. The van der Waals surface area contributed by atoms with E-state index in [-0.39, 0.29) is 0 Å². The first-order valence-corrected chi connectivity index (χ1v) is 6.69. The lowest BCUT2D eigenvalue weighted by Crippen LogP contribution is -2.32. The molecule has 1 saturated carbocycles. The molecule has 0 N–H and O–H groups in total. The van der Waals surface area contributed by atoms with Gasteiger partial charge < -0.3 is 4.52 Å². The minimum absolute atomic E-state index is 0.340. The van der Waals surface area contributed by atoms with Crippen molar-refractivity contribution >= 4 is 0 Å². The lowest BCUT2D eigenvalue weighted by atomic mass is 9.94. The van der Waals surface area contributed by atoms with E-state index in [1.807, 2.05) is 0 Å². The van der Waals surface area contributed by atoms with Crippen molar-refractivity contribution in [3.8, 4) is 0 Å². The summed E-state index contributed by atoms with van der Waals surface area (Å²) in [4.78, 5) is 6.78. The van der Waals surface area contributed by atoms with E-state index in [0.717, 1.165) is 18.3 Å². The van der Waals surface area contributed by atoms with Crippen LogP contribution in [0.25, 0.3) is 0 Å². The van der Waals surface area contributed by atoms with Gasteiger partial charge in [-0.1, -0.05) is 38.3 Å². The molecular weight excluding hydrogens is 214 g/mol. The van der Waals surface area contributed by atoms with Crippen LogP contribution in [0, 0.1) is 0 Å². The van der Waals surface area contributed by atoms with Crippen LogP contribution in [-0.4, -0.2) is 28.1 Å². The van der Waals surface area contributed by atoms with Gasteiger partial charge in [0.1, 0.15) is 0 Å². The van der Waals surface area contributed by atoms with Crippen molar-refractivity contribution in [3.05, 3.63) is 11.7 Å². The van der Waals surface area contributed by atoms with Crippen LogP contribution in [0.3, 0.4) is 0 Å². The smallest absolute Gasteiger partial charge is 0.240 e. The van der Waals surface area contributed by atoms with Crippen molar-refractivity contribution in [1.29, 1.82) is 0 Å². The highest BCUT2D eigenvalue weighted by atomic mass is 16.5. The quantitative estimate of drug-likeness (QED) is 0.807. The molecule has 0 bridgehead atoms. The second kappa shape index (κ2) is 5.63. The second-order valence-corrected chi connectivity index (χ2v) is 5.41. The Morgan fingerprint density at radius 2 is 2.00 bits per heavy atom. The lowest BCUT2D eigenvalue weighted by molar-refractivity contribution is 0.165. The average molecular weight is 237 g/mol. The lowest BCUT2D eigenvalue weighted by Gasteiger charge is -2.29. The molecule has 0 atom stereocenters. The highest BCUT2D eigenvalue weighted by Gasteiger charge is 2.20. The number of hydrogen-bond acceptors (Lipinski definition) is 4. The summed E-state index contributed by atoms with van der Waals surface area (Å²) in [5.41, 5.74) is 0. The highest BCUT2D eigenvalue weighted by molar-refractivity contribution is 4.92. The first-order valence-electron chi connectivity index (χ1n) is 6.69. The van der Waals surface area contributed by atoms with Gasteiger partial charge in [0.2, 0.25) is 5.89 Å². The van der Waals surface area contributed by atoms with Crippen LogP contribution in [0.4, 0.5) is 0 Å². The van der Waals surface area contributed by atoms with Crippen LogP contribution in [0.15, 0.2) is 4.52 Å². The standard InChI is InChI=1S/C13H23N3O/c1-10(2)13-14-12(17-15-13)9-16(3)11-7-5-4-6-8-11/h10-11H,4-9H2,1-3H3. The van der Waals surface area contributed by atoms with Crippen molar-refractivity contribution < 1.29 is 4.52 Å².